The Balaban J connectivity index is 2.40. The van der Waals surface area contributed by atoms with E-state index in [0.717, 1.165) is 20.1 Å². The summed E-state index contributed by atoms with van der Waals surface area (Å²) in [5.74, 6) is 1.23. The van der Waals surface area contributed by atoms with Crippen molar-refractivity contribution in [3.63, 3.8) is 0 Å². The molecule has 0 amide bonds. The summed E-state index contributed by atoms with van der Waals surface area (Å²) in [6.45, 7) is 0. The number of hydrogen-bond donors (Lipinski definition) is 1. The molecular weight excluding hydrogens is 388 g/mol. The highest BCUT2D eigenvalue weighted by Crippen LogP contribution is 2.35. The quantitative estimate of drug-likeness (QED) is 0.829. The van der Waals surface area contributed by atoms with Crippen molar-refractivity contribution in [2.24, 2.45) is 0 Å². The van der Waals surface area contributed by atoms with Crippen LogP contribution in [0.3, 0.4) is 0 Å². The normalized spacial score (nSPS) is 12.1. The zero-order valence-corrected chi connectivity index (χ0v) is 14.2. The minimum atomic E-state index is -0.739. The molecule has 1 unspecified atom stereocenters. The molecule has 0 spiro atoms. The van der Waals surface area contributed by atoms with Gasteiger partial charge in [-0.15, -0.1) is 0 Å². The molecule has 0 radical (unpaired) electrons. The molecule has 0 aromatic heterocycles. The molecule has 20 heavy (non-hydrogen) atoms. The molecule has 5 heteroatoms. The van der Waals surface area contributed by atoms with Crippen molar-refractivity contribution in [1.29, 1.82) is 0 Å². The van der Waals surface area contributed by atoms with Crippen LogP contribution in [0.4, 0.5) is 0 Å². The van der Waals surface area contributed by atoms with Crippen molar-refractivity contribution in [2.45, 2.75) is 6.10 Å². The lowest BCUT2D eigenvalue weighted by Gasteiger charge is -2.16. The van der Waals surface area contributed by atoms with E-state index in [0.29, 0.717) is 11.5 Å². The third-order valence-electron chi connectivity index (χ3n) is 2.98. The second kappa shape index (κ2) is 6.61. The third kappa shape index (κ3) is 3.16. The molecule has 0 heterocycles. The van der Waals surface area contributed by atoms with Crippen LogP contribution in [0, 0.1) is 0 Å². The second-order valence-electron chi connectivity index (χ2n) is 4.18. The van der Waals surface area contributed by atoms with Crippen LogP contribution in [0.25, 0.3) is 0 Å². The molecule has 1 atom stereocenters. The first kappa shape index (κ1) is 15.4. The summed E-state index contributed by atoms with van der Waals surface area (Å²) in [4.78, 5) is 0. The molecule has 0 aliphatic carbocycles. The van der Waals surface area contributed by atoms with Crippen LogP contribution in [0.15, 0.2) is 45.3 Å². The van der Waals surface area contributed by atoms with Crippen molar-refractivity contribution >= 4 is 31.9 Å². The highest BCUT2D eigenvalue weighted by Gasteiger charge is 2.16. The summed E-state index contributed by atoms with van der Waals surface area (Å²) in [5, 5.41) is 10.5. The number of aliphatic hydroxyl groups excluding tert-OH is 1. The minimum absolute atomic E-state index is 0.595. The molecule has 0 saturated heterocycles. The number of rotatable bonds is 4. The fraction of sp³-hybridized carbons (Fsp3) is 0.200. The van der Waals surface area contributed by atoms with E-state index in [9.17, 15) is 5.11 Å². The molecule has 2 aromatic rings. The van der Waals surface area contributed by atoms with Gasteiger partial charge in [-0.3, -0.25) is 0 Å². The maximum Gasteiger partial charge on any atom is 0.161 e. The van der Waals surface area contributed by atoms with Gasteiger partial charge < -0.3 is 14.6 Å². The predicted octanol–water partition coefficient (Wildman–Crippen LogP) is 4.31. The fourth-order valence-electron chi connectivity index (χ4n) is 1.93. The molecule has 0 saturated carbocycles. The summed E-state index contributed by atoms with van der Waals surface area (Å²) < 4.78 is 12.2. The summed E-state index contributed by atoms with van der Waals surface area (Å²) >= 11 is 6.86. The van der Waals surface area contributed by atoms with Crippen molar-refractivity contribution in [1.82, 2.24) is 0 Å². The molecule has 2 rings (SSSR count). The monoisotopic (exact) mass is 400 g/mol. The van der Waals surface area contributed by atoms with Gasteiger partial charge in [0.05, 0.1) is 14.2 Å². The smallest absolute Gasteiger partial charge is 0.161 e. The van der Waals surface area contributed by atoms with Gasteiger partial charge in [-0.1, -0.05) is 44.0 Å². The topological polar surface area (TPSA) is 38.7 Å². The van der Waals surface area contributed by atoms with Gasteiger partial charge in [0.15, 0.2) is 11.5 Å². The van der Waals surface area contributed by atoms with E-state index in [1.54, 1.807) is 26.4 Å². The molecule has 0 aliphatic rings. The van der Waals surface area contributed by atoms with Crippen LogP contribution < -0.4 is 9.47 Å². The van der Waals surface area contributed by atoms with Gasteiger partial charge in [0, 0.05) is 8.95 Å². The zero-order chi connectivity index (χ0) is 14.7. The third-order valence-corrected chi connectivity index (χ3v) is 4.16. The molecule has 1 N–H and O–H groups in total. The van der Waals surface area contributed by atoms with E-state index < -0.39 is 6.10 Å². The van der Waals surface area contributed by atoms with Crippen molar-refractivity contribution in [3.05, 3.63) is 56.5 Å². The first-order valence-electron chi connectivity index (χ1n) is 5.91. The summed E-state index contributed by atoms with van der Waals surface area (Å²) in [6.07, 6.45) is -0.739. The van der Waals surface area contributed by atoms with Gasteiger partial charge in [-0.05, 0) is 35.4 Å². The molecule has 106 valence electrons. The van der Waals surface area contributed by atoms with Gasteiger partial charge in [-0.2, -0.15) is 0 Å². The second-order valence-corrected chi connectivity index (χ2v) is 5.95. The van der Waals surface area contributed by atoms with Gasteiger partial charge in [0.1, 0.15) is 6.10 Å². The lowest BCUT2D eigenvalue weighted by molar-refractivity contribution is 0.218. The van der Waals surface area contributed by atoms with E-state index in [-0.39, 0.29) is 0 Å². The summed E-state index contributed by atoms with van der Waals surface area (Å²) in [5.41, 5.74) is 1.53. The lowest BCUT2D eigenvalue weighted by atomic mass is 10.0. The van der Waals surface area contributed by atoms with Crippen LogP contribution >= 0.6 is 31.9 Å². The minimum Gasteiger partial charge on any atom is -0.493 e. The van der Waals surface area contributed by atoms with Crippen molar-refractivity contribution in [3.8, 4) is 11.5 Å². The summed E-state index contributed by atoms with van der Waals surface area (Å²) in [7, 11) is 3.16. The number of ether oxygens (including phenoxy) is 2. The number of benzene rings is 2. The maximum absolute atomic E-state index is 10.5. The van der Waals surface area contributed by atoms with Gasteiger partial charge in [-0.25, -0.2) is 0 Å². The molecule has 3 nitrogen and oxygen atoms in total. The van der Waals surface area contributed by atoms with E-state index in [2.05, 4.69) is 31.9 Å². The Labute approximate surface area is 134 Å². The van der Waals surface area contributed by atoms with Gasteiger partial charge in [0.2, 0.25) is 0 Å². The lowest BCUT2D eigenvalue weighted by Crippen LogP contribution is -2.02. The standard InChI is InChI=1S/C15H14Br2O3/c1-19-13-6-3-9(7-14(13)20-2)15(18)11-5-4-10(16)8-12(11)17/h3-8,15,18H,1-2H3. The average Bonchev–Trinajstić information content (AvgIpc) is 2.45. The Morgan fingerprint density at radius 3 is 2.25 bits per heavy atom. The molecular formula is C15H14Br2O3. The van der Waals surface area contributed by atoms with E-state index in [1.807, 2.05) is 24.3 Å². The van der Waals surface area contributed by atoms with E-state index >= 15 is 0 Å². The van der Waals surface area contributed by atoms with Crippen LogP contribution in [-0.4, -0.2) is 19.3 Å². The molecule has 0 aliphatic heterocycles. The SMILES string of the molecule is COc1ccc(C(O)c2ccc(Br)cc2Br)cc1OC. The first-order chi connectivity index (χ1) is 9.56. The van der Waals surface area contributed by atoms with Crippen LogP contribution in [0.1, 0.15) is 17.2 Å². The maximum atomic E-state index is 10.5. The number of halogens is 2. The zero-order valence-electron chi connectivity index (χ0n) is 11.1. The average molecular weight is 402 g/mol. The Hall–Kier alpha value is -1.04. The number of hydrogen-bond acceptors (Lipinski definition) is 3. The fourth-order valence-corrected chi connectivity index (χ4v) is 3.19. The van der Waals surface area contributed by atoms with Crippen LogP contribution in [0.5, 0.6) is 11.5 Å². The Morgan fingerprint density at radius 1 is 0.950 bits per heavy atom. The van der Waals surface area contributed by atoms with E-state index in [1.165, 1.54) is 0 Å². The molecule has 0 bridgehead atoms. The predicted molar refractivity (Wildman–Crippen MR) is 85.4 cm³/mol. The van der Waals surface area contributed by atoms with E-state index in [4.69, 9.17) is 9.47 Å². The highest BCUT2D eigenvalue weighted by atomic mass is 79.9. The molecule has 2 aromatic carbocycles. The highest BCUT2D eigenvalue weighted by molar-refractivity contribution is 9.11. The first-order valence-corrected chi connectivity index (χ1v) is 7.50. The van der Waals surface area contributed by atoms with Gasteiger partial charge >= 0.3 is 0 Å². The Bertz CT molecular complexity index is 614. The van der Waals surface area contributed by atoms with Crippen molar-refractivity contribution in [2.75, 3.05) is 14.2 Å². The Morgan fingerprint density at radius 2 is 1.65 bits per heavy atom. The van der Waals surface area contributed by atoms with Crippen LogP contribution in [0.2, 0.25) is 0 Å². The van der Waals surface area contributed by atoms with Crippen LogP contribution in [-0.2, 0) is 0 Å². The van der Waals surface area contributed by atoms with Gasteiger partial charge in [0.25, 0.3) is 0 Å². The molecule has 0 fully saturated rings. The summed E-state index contributed by atoms with van der Waals surface area (Å²) in [6, 6.07) is 11.0. The Kier molecular flexibility index (Phi) is 5.07. The largest absolute Gasteiger partial charge is 0.493 e. The number of methoxy groups -OCH3 is 2. The van der Waals surface area contributed by atoms with Crippen molar-refractivity contribution < 1.29 is 14.6 Å². The number of aliphatic hydroxyl groups is 1.